The molecule has 2 nitrogen and oxygen atoms in total. The smallest absolute Gasteiger partial charge is 0.261 e. The molecule has 0 aliphatic carbocycles. The third-order valence-corrected chi connectivity index (χ3v) is 3.33. The molecule has 1 rings (SSSR count). The van der Waals surface area contributed by atoms with Gasteiger partial charge in [0, 0.05) is 16.8 Å². The van der Waals surface area contributed by atoms with Crippen LogP contribution < -0.4 is 5.32 Å². The number of rotatable bonds is 3. The standard InChI is InChI=1S/C11H17NOS2/c1-11(2,3)4-5-12-10(13)9-6-8(14)7-15-9/h6-7,14H,4-5H2,1-3H3,(H,12,13). The molecule has 0 aromatic carbocycles. The molecule has 1 heterocycles. The van der Waals surface area contributed by atoms with Crippen LogP contribution in [0.3, 0.4) is 0 Å². The maximum atomic E-state index is 11.6. The van der Waals surface area contributed by atoms with Crippen LogP contribution in [0.5, 0.6) is 0 Å². The van der Waals surface area contributed by atoms with Crippen LogP contribution in [0.1, 0.15) is 36.9 Å². The van der Waals surface area contributed by atoms with E-state index in [1.165, 1.54) is 11.3 Å². The number of hydrogen-bond acceptors (Lipinski definition) is 3. The predicted octanol–water partition coefficient (Wildman–Crippen LogP) is 3.20. The molecular weight excluding hydrogens is 226 g/mol. The second-order valence-corrected chi connectivity index (χ2v) is 6.16. The van der Waals surface area contributed by atoms with Crippen molar-refractivity contribution in [3.63, 3.8) is 0 Å². The van der Waals surface area contributed by atoms with Crippen LogP contribution in [-0.2, 0) is 0 Å². The average molecular weight is 243 g/mol. The normalized spacial score (nSPS) is 11.5. The minimum atomic E-state index is 0.00421. The van der Waals surface area contributed by atoms with E-state index in [2.05, 4.69) is 38.7 Å². The minimum Gasteiger partial charge on any atom is -0.351 e. The van der Waals surface area contributed by atoms with Crippen LogP contribution in [0.2, 0.25) is 0 Å². The summed E-state index contributed by atoms with van der Waals surface area (Å²) in [5.41, 5.74) is 0.261. The first-order chi connectivity index (χ1) is 6.88. The zero-order valence-corrected chi connectivity index (χ0v) is 11.0. The number of hydrogen-bond donors (Lipinski definition) is 2. The van der Waals surface area contributed by atoms with E-state index in [1.54, 1.807) is 6.07 Å². The molecule has 1 N–H and O–H groups in total. The van der Waals surface area contributed by atoms with Gasteiger partial charge in [-0.1, -0.05) is 20.8 Å². The SMILES string of the molecule is CC(C)(C)CCNC(=O)c1cc(S)cs1. The number of carbonyl (C=O) groups excluding carboxylic acids is 1. The van der Waals surface area contributed by atoms with Crippen molar-refractivity contribution < 1.29 is 4.79 Å². The largest absolute Gasteiger partial charge is 0.351 e. The van der Waals surface area contributed by atoms with Gasteiger partial charge >= 0.3 is 0 Å². The van der Waals surface area contributed by atoms with Crippen molar-refractivity contribution in [1.29, 1.82) is 0 Å². The van der Waals surface area contributed by atoms with Crippen molar-refractivity contribution in [3.05, 3.63) is 16.3 Å². The second-order valence-electron chi connectivity index (χ2n) is 4.74. The lowest BCUT2D eigenvalue weighted by atomic mass is 9.92. The van der Waals surface area contributed by atoms with Crippen molar-refractivity contribution >= 4 is 29.9 Å². The first-order valence-corrected chi connectivity index (χ1v) is 6.27. The molecule has 0 bridgehead atoms. The Morgan fingerprint density at radius 3 is 2.67 bits per heavy atom. The van der Waals surface area contributed by atoms with E-state index in [9.17, 15) is 4.79 Å². The summed E-state index contributed by atoms with van der Waals surface area (Å²) in [6, 6.07) is 1.79. The Morgan fingerprint density at radius 1 is 1.53 bits per heavy atom. The molecule has 1 aromatic rings. The molecule has 1 aromatic heterocycles. The first kappa shape index (κ1) is 12.6. The molecule has 0 aliphatic rings. The van der Waals surface area contributed by atoms with Crippen molar-refractivity contribution in [2.75, 3.05) is 6.54 Å². The first-order valence-electron chi connectivity index (χ1n) is 4.94. The highest BCUT2D eigenvalue weighted by Crippen LogP contribution is 2.19. The molecule has 84 valence electrons. The fourth-order valence-corrected chi connectivity index (χ4v) is 2.15. The summed E-state index contributed by atoms with van der Waals surface area (Å²) in [6.45, 7) is 7.21. The van der Waals surface area contributed by atoms with Crippen molar-refractivity contribution in [2.45, 2.75) is 32.1 Å². The van der Waals surface area contributed by atoms with Crippen LogP contribution >= 0.6 is 24.0 Å². The Hall–Kier alpha value is -0.480. The fourth-order valence-electron chi connectivity index (χ4n) is 1.08. The third-order valence-electron chi connectivity index (χ3n) is 1.97. The van der Waals surface area contributed by atoms with E-state index < -0.39 is 0 Å². The molecule has 0 fully saturated rings. The van der Waals surface area contributed by atoms with E-state index in [4.69, 9.17) is 0 Å². The maximum absolute atomic E-state index is 11.6. The highest BCUT2D eigenvalue weighted by molar-refractivity contribution is 7.80. The molecule has 0 saturated carbocycles. The summed E-state index contributed by atoms with van der Waals surface area (Å²) in [4.78, 5) is 13.2. The molecule has 15 heavy (non-hydrogen) atoms. The van der Waals surface area contributed by atoms with Gasteiger partial charge in [-0.3, -0.25) is 4.79 Å². The van der Waals surface area contributed by atoms with Gasteiger partial charge in [0.1, 0.15) is 0 Å². The average Bonchev–Trinajstić information content (AvgIpc) is 2.49. The Balaban J connectivity index is 2.37. The molecular formula is C11H17NOS2. The third kappa shape index (κ3) is 4.71. The van der Waals surface area contributed by atoms with Crippen LogP contribution in [0.4, 0.5) is 0 Å². The Morgan fingerprint density at radius 2 is 2.20 bits per heavy atom. The van der Waals surface area contributed by atoms with Gasteiger partial charge in [0.2, 0.25) is 0 Å². The fraction of sp³-hybridized carbons (Fsp3) is 0.545. The van der Waals surface area contributed by atoms with Crippen LogP contribution in [0.25, 0.3) is 0 Å². The van der Waals surface area contributed by atoms with Gasteiger partial charge < -0.3 is 5.32 Å². The summed E-state index contributed by atoms with van der Waals surface area (Å²) < 4.78 is 0. The lowest BCUT2D eigenvalue weighted by molar-refractivity contribution is 0.0953. The van der Waals surface area contributed by atoms with Crippen molar-refractivity contribution in [2.24, 2.45) is 5.41 Å². The van der Waals surface area contributed by atoms with E-state index >= 15 is 0 Å². The maximum Gasteiger partial charge on any atom is 0.261 e. The van der Waals surface area contributed by atoms with Crippen LogP contribution in [0, 0.1) is 5.41 Å². The zero-order chi connectivity index (χ0) is 11.5. The van der Waals surface area contributed by atoms with E-state index in [0.29, 0.717) is 0 Å². The Bertz CT molecular complexity index is 339. The molecule has 0 radical (unpaired) electrons. The number of carbonyl (C=O) groups is 1. The second kappa shape index (κ2) is 5.03. The minimum absolute atomic E-state index is 0.00421. The summed E-state index contributed by atoms with van der Waals surface area (Å²) in [5.74, 6) is 0.00421. The van der Waals surface area contributed by atoms with Gasteiger partial charge in [0.25, 0.3) is 5.91 Å². The quantitative estimate of drug-likeness (QED) is 0.784. The molecule has 0 saturated heterocycles. The summed E-state index contributed by atoms with van der Waals surface area (Å²) in [7, 11) is 0. The van der Waals surface area contributed by atoms with Crippen molar-refractivity contribution in [3.8, 4) is 0 Å². The summed E-state index contributed by atoms with van der Waals surface area (Å²) >= 11 is 5.59. The highest BCUT2D eigenvalue weighted by Gasteiger charge is 2.12. The summed E-state index contributed by atoms with van der Waals surface area (Å²) in [5, 5.41) is 4.77. The molecule has 0 spiro atoms. The van der Waals surface area contributed by atoms with Crippen molar-refractivity contribution in [1.82, 2.24) is 5.32 Å². The van der Waals surface area contributed by atoms with Crippen LogP contribution in [0.15, 0.2) is 16.3 Å². The molecule has 4 heteroatoms. The van der Waals surface area contributed by atoms with Gasteiger partial charge in [-0.15, -0.1) is 24.0 Å². The highest BCUT2D eigenvalue weighted by atomic mass is 32.1. The molecule has 0 unspecified atom stereocenters. The van der Waals surface area contributed by atoms with E-state index in [1.807, 2.05) is 5.38 Å². The number of thiophene rings is 1. The monoisotopic (exact) mass is 243 g/mol. The Labute approximate surface area is 100 Å². The number of amides is 1. The van der Waals surface area contributed by atoms with Gasteiger partial charge in [0.15, 0.2) is 0 Å². The van der Waals surface area contributed by atoms with Gasteiger partial charge in [-0.2, -0.15) is 0 Å². The van der Waals surface area contributed by atoms with E-state index in [0.717, 1.165) is 22.7 Å². The summed E-state index contributed by atoms with van der Waals surface area (Å²) in [6.07, 6.45) is 0.984. The van der Waals surface area contributed by atoms with Gasteiger partial charge in [-0.05, 0) is 17.9 Å². The molecule has 1 amide bonds. The molecule has 0 atom stereocenters. The van der Waals surface area contributed by atoms with Crippen LogP contribution in [-0.4, -0.2) is 12.5 Å². The lowest BCUT2D eigenvalue weighted by Gasteiger charge is -2.17. The lowest BCUT2D eigenvalue weighted by Crippen LogP contribution is -2.26. The number of nitrogens with one attached hydrogen (secondary N) is 1. The van der Waals surface area contributed by atoms with Gasteiger partial charge in [0.05, 0.1) is 4.88 Å². The zero-order valence-electron chi connectivity index (χ0n) is 9.33. The number of thiol groups is 1. The molecule has 0 aliphatic heterocycles. The van der Waals surface area contributed by atoms with E-state index in [-0.39, 0.29) is 11.3 Å². The predicted molar refractivity (Wildman–Crippen MR) is 68.0 cm³/mol. The topological polar surface area (TPSA) is 29.1 Å². The van der Waals surface area contributed by atoms with Gasteiger partial charge in [-0.25, -0.2) is 0 Å². The Kier molecular flexibility index (Phi) is 4.22.